The molecule has 1 N–H and O–H groups in total. The highest BCUT2D eigenvalue weighted by atomic mass is 19.1. The van der Waals surface area contributed by atoms with E-state index in [-0.39, 0.29) is 24.5 Å². The van der Waals surface area contributed by atoms with Gasteiger partial charge in [0.15, 0.2) is 6.61 Å². The standard InChI is InChI=1S/C27H28FNO3/c1-18(2)32-27(30)17-31-25-8-4-7-24(15-25)29-16-22-12-10-19-9-11-21(14-26(19)22)20-5-3-6-23(28)13-20/h3-9,11,13-15,18,22,29H,10,12,16-17H2,1-2H3. The third kappa shape index (κ3) is 5.47. The van der Waals surface area contributed by atoms with Gasteiger partial charge in [-0.05, 0) is 73.2 Å². The van der Waals surface area contributed by atoms with E-state index in [9.17, 15) is 9.18 Å². The zero-order valence-corrected chi connectivity index (χ0v) is 18.4. The van der Waals surface area contributed by atoms with Crippen molar-refractivity contribution in [1.29, 1.82) is 0 Å². The molecule has 0 saturated carbocycles. The molecule has 4 rings (SSSR count). The van der Waals surface area contributed by atoms with Gasteiger partial charge in [-0.2, -0.15) is 0 Å². The number of carbonyl (C=O) groups is 1. The summed E-state index contributed by atoms with van der Waals surface area (Å²) in [5.41, 5.74) is 5.56. The predicted octanol–water partition coefficient (Wildman–Crippen LogP) is 5.97. The van der Waals surface area contributed by atoms with Crippen LogP contribution in [0.3, 0.4) is 0 Å². The smallest absolute Gasteiger partial charge is 0.344 e. The quantitative estimate of drug-likeness (QED) is 0.445. The van der Waals surface area contributed by atoms with Gasteiger partial charge in [-0.25, -0.2) is 9.18 Å². The Morgan fingerprint density at radius 2 is 1.88 bits per heavy atom. The van der Waals surface area contributed by atoms with Crippen molar-refractivity contribution in [1.82, 2.24) is 0 Å². The summed E-state index contributed by atoms with van der Waals surface area (Å²) in [5.74, 6) is 0.399. The number of benzene rings is 3. The second kappa shape index (κ2) is 9.86. The first-order chi connectivity index (χ1) is 15.5. The molecule has 32 heavy (non-hydrogen) atoms. The van der Waals surface area contributed by atoms with Crippen LogP contribution in [-0.2, 0) is 16.0 Å². The van der Waals surface area contributed by atoms with Gasteiger partial charge in [0.2, 0.25) is 0 Å². The third-order valence-corrected chi connectivity index (χ3v) is 5.62. The number of ether oxygens (including phenoxy) is 2. The summed E-state index contributed by atoms with van der Waals surface area (Å²) in [6.07, 6.45) is 1.97. The molecule has 0 saturated heterocycles. The zero-order chi connectivity index (χ0) is 22.5. The lowest BCUT2D eigenvalue weighted by atomic mass is 9.96. The maximum atomic E-state index is 13.7. The number of esters is 1. The molecular weight excluding hydrogens is 405 g/mol. The van der Waals surface area contributed by atoms with Crippen molar-refractivity contribution in [3.63, 3.8) is 0 Å². The van der Waals surface area contributed by atoms with Crippen molar-refractivity contribution >= 4 is 11.7 Å². The summed E-state index contributed by atoms with van der Waals surface area (Å²) < 4.78 is 24.3. The van der Waals surface area contributed by atoms with Crippen LogP contribution in [0.2, 0.25) is 0 Å². The fourth-order valence-corrected chi connectivity index (χ4v) is 4.12. The van der Waals surface area contributed by atoms with Gasteiger partial charge in [0.25, 0.3) is 0 Å². The lowest BCUT2D eigenvalue weighted by Crippen LogP contribution is -2.18. The molecule has 0 spiro atoms. The molecule has 0 fully saturated rings. The molecule has 0 aliphatic heterocycles. The fraction of sp³-hybridized carbons (Fsp3) is 0.296. The summed E-state index contributed by atoms with van der Waals surface area (Å²) >= 11 is 0. The van der Waals surface area contributed by atoms with E-state index in [1.165, 1.54) is 17.2 Å². The minimum absolute atomic E-state index is 0.111. The second-order valence-electron chi connectivity index (χ2n) is 8.40. The fourth-order valence-electron chi connectivity index (χ4n) is 4.12. The molecule has 0 amide bonds. The van der Waals surface area contributed by atoms with Crippen LogP contribution < -0.4 is 10.1 Å². The van der Waals surface area contributed by atoms with Crippen molar-refractivity contribution in [2.45, 2.75) is 38.7 Å². The molecule has 1 aliphatic carbocycles. The Kier molecular flexibility index (Phi) is 6.74. The topological polar surface area (TPSA) is 47.6 Å². The maximum absolute atomic E-state index is 13.7. The Morgan fingerprint density at radius 3 is 2.69 bits per heavy atom. The molecule has 0 radical (unpaired) electrons. The van der Waals surface area contributed by atoms with E-state index < -0.39 is 0 Å². The van der Waals surface area contributed by atoms with E-state index in [0.717, 1.165) is 36.2 Å². The first kappa shape index (κ1) is 21.9. The number of anilines is 1. The van der Waals surface area contributed by atoms with Crippen molar-refractivity contribution in [2.24, 2.45) is 0 Å². The molecule has 3 aromatic carbocycles. The highest BCUT2D eigenvalue weighted by molar-refractivity contribution is 5.71. The highest BCUT2D eigenvalue weighted by Crippen LogP contribution is 2.36. The normalized spacial score (nSPS) is 14.8. The number of carbonyl (C=O) groups excluding carboxylic acids is 1. The van der Waals surface area contributed by atoms with Crippen LogP contribution in [0.1, 0.15) is 37.3 Å². The van der Waals surface area contributed by atoms with Gasteiger partial charge in [0.1, 0.15) is 11.6 Å². The van der Waals surface area contributed by atoms with E-state index in [4.69, 9.17) is 9.47 Å². The van der Waals surface area contributed by atoms with Crippen LogP contribution >= 0.6 is 0 Å². The molecule has 4 nitrogen and oxygen atoms in total. The molecule has 0 bridgehead atoms. The van der Waals surface area contributed by atoms with Crippen LogP contribution in [0.25, 0.3) is 11.1 Å². The molecule has 3 aromatic rings. The summed E-state index contributed by atoms with van der Waals surface area (Å²) in [7, 11) is 0. The van der Waals surface area contributed by atoms with E-state index >= 15 is 0 Å². The monoisotopic (exact) mass is 433 g/mol. The lowest BCUT2D eigenvalue weighted by Gasteiger charge is -2.16. The van der Waals surface area contributed by atoms with Gasteiger partial charge in [0, 0.05) is 24.2 Å². The maximum Gasteiger partial charge on any atom is 0.344 e. The number of hydrogen-bond acceptors (Lipinski definition) is 4. The number of aryl methyl sites for hydroxylation is 1. The Bertz CT molecular complexity index is 1100. The molecule has 1 atom stereocenters. The molecule has 166 valence electrons. The summed E-state index contributed by atoms with van der Waals surface area (Å²) in [4.78, 5) is 11.7. The van der Waals surface area contributed by atoms with Gasteiger partial charge in [-0.1, -0.05) is 36.4 Å². The Morgan fingerprint density at radius 1 is 1.06 bits per heavy atom. The van der Waals surface area contributed by atoms with Gasteiger partial charge in [-0.3, -0.25) is 0 Å². The predicted molar refractivity (Wildman–Crippen MR) is 125 cm³/mol. The number of hydrogen-bond donors (Lipinski definition) is 1. The number of rotatable bonds is 8. The van der Waals surface area contributed by atoms with Crippen molar-refractivity contribution in [3.8, 4) is 16.9 Å². The third-order valence-electron chi connectivity index (χ3n) is 5.62. The number of fused-ring (bicyclic) bond motifs is 1. The van der Waals surface area contributed by atoms with Crippen molar-refractivity contribution in [3.05, 3.63) is 83.7 Å². The average molecular weight is 434 g/mol. The average Bonchev–Trinajstić information content (AvgIpc) is 3.18. The van der Waals surface area contributed by atoms with Gasteiger partial charge >= 0.3 is 5.97 Å². The molecule has 1 unspecified atom stereocenters. The van der Waals surface area contributed by atoms with Crippen molar-refractivity contribution < 1.29 is 18.7 Å². The Balaban J connectivity index is 1.40. The van der Waals surface area contributed by atoms with Gasteiger partial charge < -0.3 is 14.8 Å². The highest BCUT2D eigenvalue weighted by Gasteiger charge is 2.23. The first-order valence-electron chi connectivity index (χ1n) is 11.0. The zero-order valence-electron chi connectivity index (χ0n) is 18.4. The van der Waals surface area contributed by atoms with Crippen molar-refractivity contribution in [2.75, 3.05) is 18.5 Å². The van der Waals surface area contributed by atoms with Crippen LogP contribution in [-0.4, -0.2) is 25.2 Å². The van der Waals surface area contributed by atoms with Gasteiger partial charge in [-0.15, -0.1) is 0 Å². The van der Waals surface area contributed by atoms with Crippen LogP contribution in [0.4, 0.5) is 10.1 Å². The summed E-state index contributed by atoms with van der Waals surface area (Å²) in [6, 6.07) is 20.8. The number of halogens is 1. The molecular formula is C27H28FNO3. The second-order valence-corrected chi connectivity index (χ2v) is 8.40. The number of nitrogens with one attached hydrogen (secondary N) is 1. The Labute approximate surface area is 188 Å². The van der Waals surface area contributed by atoms with E-state index in [2.05, 4.69) is 23.5 Å². The Hall–Kier alpha value is -3.34. The van der Waals surface area contributed by atoms with E-state index in [1.54, 1.807) is 12.1 Å². The van der Waals surface area contributed by atoms with Crippen LogP contribution in [0.15, 0.2) is 66.7 Å². The molecule has 1 aliphatic rings. The SMILES string of the molecule is CC(C)OC(=O)COc1cccc(NCC2CCc3ccc(-c4cccc(F)c4)cc32)c1. The molecule has 0 heterocycles. The van der Waals surface area contributed by atoms with Gasteiger partial charge in [0.05, 0.1) is 6.10 Å². The largest absolute Gasteiger partial charge is 0.482 e. The molecule has 5 heteroatoms. The minimum atomic E-state index is -0.380. The molecule has 0 aromatic heterocycles. The van der Waals surface area contributed by atoms with Crippen LogP contribution in [0.5, 0.6) is 5.75 Å². The minimum Gasteiger partial charge on any atom is -0.482 e. The van der Waals surface area contributed by atoms with Crippen LogP contribution in [0, 0.1) is 5.82 Å². The van der Waals surface area contributed by atoms with E-state index in [0.29, 0.717) is 11.7 Å². The lowest BCUT2D eigenvalue weighted by molar-refractivity contribution is -0.149. The summed E-state index contributed by atoms with van der Waals surface area (Å²) in [6.45, 7) is 4.30. The first-order valence-corrected chi connectivity index (χ1v) is 11.0. The summed E-state index contributed by atoms with van der Waals surface area (Å²) in [5, 5.41) is 3.50. The van der Waals surface area contributed by atoms with E-state index in [1.807, 2.05) is 44.2 Å².